The Kier molecular flexibility index (Phi) is 3.22. The number of allylic oxidation sites excluding steroid dienone is 1. The predicted octanol–water partition coefficient (Wildman–Crippen LogP) is 5.14. The quantitative estimate of drug-likeness (QED) is 0.788. The molecule has 24 heavy (non-hydrogen) atoms. The Morgan fingerprint density at radius 2 is 1.92 bits per heavy atom. The normalized spacial score (nSPS) is 20.0. The van der Waals surface area contributed by atoms with E-state index in [2.05, 4.69) is 44.3 Å². The lowest BCUT2D eigenvalue weighted by Gasteiger charge is -2.36. The molecular formula is C20H20FNO2. The van der Waals surface area contributed by atoms with Crippen LogP contribution in [0.2, 0.25) is 0 Å². The molecule has 0 unspecified atom stereocenters. The Hall–Kier alpha value is -2.33. The second-order valence-corrected chi connectivity index (χ2v) is 6.95. The summed E-state index contributed by atoms with van der Waals surface area (Å²) in [5.74, 6) is 0.199. The molecule has 2 aromatic carbocycles. The lowest BCUT2D eigenvalue weighted by molar-refractivity contribution is -0.0581. The molecule has 4 rings (SSSR count). The third-order valence-corrected chi connectivity index (χ3v) is 4.59. The summed E-state index contributed by atoms with van der Waals surface area (Å²) < 4.78 is 25.1. The SMILES string of the molecule is CO[C@@H]1Oc2cc(F)ccc2-c2ccc3c(c21)C(C)=CC(C)(C)N3. The predicted molar refractivity (Wildman–Crippen MR) is 93.6 cm³/mol. The lowest BCUT2D eigenvalue weighted by Crippen LogP contribution is -2.32. The van der Waals surface area contributed by atoms with Gasteiger partial charge in [-0.1, -0.05) is 12.1 Å². The topological polar surface area (TPSA) is 30.5 Å². The minimum absolute atomic E-state index is 0.107. The van der Waals surface area contributed by atoms with E-state index >= 15 is 0 Å². The highest BCUT2D eigenvalue weighted by Gasteiger charge is 2.33. The summed E-state index contributed by atoms with van der Waals surface area (Å²) in [4.78, 5) is 0. The largest absolute Gasteiger partial charge is 0.460 e. The van der Waals surface area contributed by atoms with Crippen LogP contribution in [0.3, 0.4) is 0 Å². The zero-order valence-electron chi connectivity index (χ0n) is 14.2. The molecule has 3 nitrogen and oxygen atoms in total. The number of hydrogen-bond acceptors (Lipinski definition) is 3. The Morgan fingerprint density at radius 3 is 2.67 bits per heavy atom. The third-order valence-electron chi connectivity index (χ3n) is 4.59. The van der Waals surface area contributed by atoms with Gasteiger partial charge in [0.05, 0.1) is 5.54 Å². The van der Waals surface area contributed by atoms with Crippen LogP contribution in [0.5, 0.6) is 5.75 Å². The first kappa shape index (κ1) is 15.2. The Labute approximate surface area is 141 Å². The highest BCUT2D eigenvalue weighted by molar-refractivity contribution is 5.89. The van der Waals surface area contributed by atoms with Crippen molar-refractivity contribution >= 4 is 11.3 Å². The van der Waals surface area contributed by atoms with E-state index in [9.17, 15) is 4.39 Å². The van der Waals surface area contributed by atoms with Gasteiger partial charge in [-0.2, -0.15) is 0 Å². The number of hydrogen-bond donors (Lipinski definition) is 1. The van der Waals surface area contributed by atoms with Crippen LogP contribution in [0.4, 0.5) is 10.1 Å². The summed E-state index contributed by atoms with van der Waals surface area (Å²) >= 11 is 0. The van der Waals surface area contributed by atoms with Gasteiger partial charge in [0.25, 0.3) is 0 Å². The molecule has 2 aliphatic rings. The average molecular weight is 325 g/mol. The zero-order valence-corrected chi connectivity index (χ0v) is 14.2. The molecule has 0 radical (unpaired) electrons. The number of benzene rings is 2. The summed E-state index contributed by atoms with van der Waals surface area (Å²) in [7, 11) is 1.61. The van der Waals surface area contributed by atoms with Gasteiger partial charge in [0.15, 0.2) is 0 Å². The first-order chi connectivity index (χ1) is 11.4. The second kappa shape index (κ2) is 5.08. The van der Waals surface area contributed by atoms with E-state index in [1.807, 2.05) is 0 Å². The molecule has 0 bridgehead atoms. The van der Waals surface area contributed by atoms with Crippen LogP contribution in [0, 0.1) is 5.82 Å². The van der Waals surface area contributed by atoms with Gasteiger partial charge in [0.1, 0.15) is 11.6 Å². The number of halogens is 1. The van der Waals surface area contributed by atoms with Gasteiger partial charge in [0.2, 0.25) is 6.29 Å². The van der Waals surface area contributed by atoms with Crippen molar-refractivity contribution in [3.8, 4) is 16.9 Å². The molecule has 2 heterocycles. The molecule has 124 valence electrons. The van der Waals surface area contributed by atoms with Gasteiger partial charge in [0, 0.05) is 35.6 Å². The molecule has 0 aromatic heterocycles. The Morgan fingerprint density at radius 1 is 1.17 bits per heavy atom. The first-order valence-electron chi connectivity index (χ1n) is 8.04. The van der Waals surface area contributed by atoms with Gasteiger partial charge in [-0.05, 0) is 50.1 Å². The number of fused-ring (bicyclic) bond motifs is 5. The van der Waals surface area contributed by atoms with Crippen molar-refractivity contribution < 1.29 is 13.9 Å². The van der Waals surface area contributed by atoms with E-state index < -0.39 is 6.29 Å². The van der Waals surface area contributed by atoms with Crippen molar-refractivity contribution in [2.75, 3.05) is 12.4 Å². The summed E-state index contributed by atoms with van der Waals surface area (Å²) in [5.41, 5.74) is 6.15. The van der Waals surface area contributed by atoms with Crippen molar-refractivity contribution in [1.29, 1.82) is 0 Å². The molecule has 1 atom stereocenters. The number of ether oxygens (including phenoxy) is 2. The van der Waals surface area contributed by atoms with Gasteiger partial charge in [-0.3, -0.25) is 0 Å². The zero-order chi connectivity index (χ0) is 17.1. The summed E-state index contributed by atoms with van der Waals surface area (Å²) in [6, 6.07) is 8.77. The van der Waals surface area contributed by atoms with E-state index in [0.717, 1.165) is 27.9 Å². The fraction of sp³-hybridized carbons (Fsp3) is 0.300. The van der Waals surface area contributed by atoms with Crippen LogP contribution in [-0.2, 0) is 4.74 Å². The van der Waals surface area contributed by atoms with Crippen molar-refractivity contribution in [2.24, 2.45) is 0 Å². The van der Waals surface area contributed by atoms with Crippen molar-refractivity contribution in [3.63, 3.8) is 0 Å². The van der Waals surface area contributed by atoms with E-state index in [4.69, 9.17) is 9.47 Å². The molecule has 0 fully saturated rings. The van der Waals surface area contributed by atoms with Gasteiger partial charge < -0.3 is 14.8 Å². The van der Waals surface area contributed by atoms with E-state index in [1.54, 1.807) is 13.2 Å². The van der Waals surface area contributed by atoms with Crippen LogP contribution in [0.1, 0.15) is 38.2 Å². The monoisotopic (exact) mass is 325 g/mol. The fourth-order valence-electron chi connectivity index (χ4n) is 3.78. The highest BCUT2D eigenvalue weighted by atomic mass is 19.1. The number of nitrogens with one attached hydrogen (secondary N) is 1. The molecule has 0 spiro atoms. The third kappa shape index (κ3) is 2.21. The maximum absolute atomic E-state index is 13.6. The molecule has 0 saturated carbocycles. The number of rotatable bonds is 1. The minimum Gasteiger partial charge on any atom is -0.460 e. The van der Waals surface area contributed by atoms with Crippen LogP contribution in [-0.4, -0.2) is 12.6 Å². The second-order valence-electron chi connectivity index (χ2n) is 6.95. The van der Waals surface area contributed by atoms with Gasteiger partial charge in [-0.25, -0.2) is 4.39 Å². The molecule has 4 heteroatoms. The van der Waals surface area contributed by atoms with E-state index in [-0.39, 0.29) is 11.4 Å². The van der Waals surface area contributed by atoms with Crippen LogP contribution < -0.4 is 10.1 Å². The summed E-state index contributed by atoms with van der Waals surface area (Å²) in [6.07, 6.45) is 1.65. The molecule has 0 saturated heterocycles. The van der Waals surface area contributed by atoms with Crippen LogP contribution in [0.15, 0.2) is 36.4 Å². The minimum atomic E-state index is -0.560. The maximum Gasteiger partial charge on any atom is 0.227 e. The van der Waals surface area contributed by atoms with Crippen LogP contribution in [0.25, 0.3) is 16.7 Å². The molecule has 0 aliphatic carbocycles. The smallest absolute Gasteiger partial charge is 0.227 e. The first-order valence-corrected chi connectivity index (χ1v) is 8.04. The molecule has 1 N–H and O–H groups in total. The average Bonchev–Trinajstić information content (AvgIpc) is 2.51. The van der Waals surface area contributed by atoms with Crippen molar-refractivity contribution in [1.82, 2.24) is 0 Å². The molecule has 2 aliphatic heterocycles. The summed E-state index contributed by atoms with van der Waals surface area (Å²) in [5, 5.41) is 3.55. The molecule has 2 aromatic rings. The fourth-order valence-corrected chi connectivity index (χ4v) is 3.78. The highest BCUT2D eigenvalue weighted by Crippen LogP contribution is 2.49. The van der Waals surface area contributed by atoms with Gasteiger partial charge in [-0.15, -0.1) is 0 Å². The van der Waals surface area contributed by atoms with E-state index in [0.29, 0.717) is 5.75 Å². The Balaban J connectivity index is 2.00. The lowest BCUT2D eigenvalue weighted by atomic mass is 9.84. The van der Waals surface area contributed by atoms with Crippen LogP contribution >= 0.6 is 0 Å². The Bertz CT molecular complexity index is 870. The van der Waals surface area contributed by atoms with E-state index in [1.165, 1.54) is 17.7 Å². The van der Waals surface area contributed by atoms with Crippen molar-refractivity contribution in [3.05, 3.63) is 53.4 Å². The molecule has 0 amide bonds. The summed E-state index contributed by atoms with van der Waals surface area (Å²) in [6.45, 7) is 6.39. The number of methoxy groups -OCH3 is 1. The van der Waals surface area contributed by atoms with Crippen molar-refractivity contribution in [2.45, 2.75) is 32.6 Å². The van der Waals surface area contributed by atoms with Gasteiger partial charge >= 0.3 is 0 Å². The molecular weight excluding hydrogens is 305 g/mol. The maximum atomic E-state index is 13.6. The number of anilines is 1. The standard InChI is InChI=1S/C20H20FNO2/c1-11-10-20(2,3)22-15-8-7-14-13-6-5-12(21)9-16(13)24-19(23-4)18(14)17(11)15/h5-10,19,22H,1-4H3/t19-/m1/s1.